The molecule has 0 radical (unpaired) electrons. The molecule has 3 aromatic rings. The van der Waals surface area contributed by atoms with Crippen LogP contribution in [0, 0.1) is 0 Å². The van der Waals surface area contributed by atoms with Gasteiger partial charge in [-0.2, -0.15) is 0 Å². The normalized spacial score (nSPS) is 10.4. The number of carboxylic acid groups (broad SMARTS) is 1. The van der Waals surface area contributed by atoms with Crippen molar-refractivity contribution in [3.05, 3.63) is 72.4 Å². The summed E-state index contributed by atoms with van der Waals surface area (Å²) >= 11 is 0. The van der Waals surface area contributed by atoms with Gasteiger partial charge in [-0.05, 0) is 47.9 Å². The Kier molecular flexibility index (Phi) is 5.71. The topological polar surface area (TPSA) is 65.5 Å². The second-order valence-electron chi connectivity index (χ2n) is 6.59. The van der Waals surface area contributed by atoms with Crippen LogP contribution in [0.25, 0.3) is 11.1 Å². The monoisotopic (exact) mass is 361 g/mol. The molecule has 138 valence electrons. The number of aliphatic carboxylic acids is 1. The Morgan fingerprint density at radius 1 is 1.04 bits per heavy atom. The zero-order valence-electron chi connectivity index (χ0n) is 15.5. The Labute approximate surface area is 159 Å². The van der Waals surface area contributed by atoms with E-state index < -0.39 is 5.97 Å². The predicted molar refractivity (Wildman–Crippen MR) is 110 cm³/mol. The lowest BCUT2D eigenvalue weighted by atomic mass is 10.0. The Balaban J connectivity index is 1.68. The Hall–Kier alpha value is -3.34. The minimum absolute atomic E-state index is 0.149. The van der Waals surface area contributed by atoms with Crippen LogP contribution in [0.3, 0.4) is 0 Å². The van der Waals surface area contributed by atoms with E-state index in [-0.39, 0.29) is 6.42 Å². The first-order valence-electron chi connectivity index (χ1n) is 8.83. The number of nitrogens with one attached hydrogen (secondary N) is 1. The highest BCUT2D eigenvalue weighted by atomic mass is 16.4. The summed E-state index contributed by atoms with van der Waals surface area (Å²) in [5, 5.41) is 12.1. The molecule has 3 rings (SSSR count). The standard InChI is InChI=1S/C22H23N3O2/c1-25(2)20-5-3-4-19(14-20)24-21-12-11-18(15-23-21)17-9-6-16(7-10-17)8-13-22(26)27/h3-7,9-12,14-15H,8,13H2,1-2H3,(H,23,24)(H,26,27). The van der Waals surface area contributed by atoms with Gasteiger partial charge >= 0.3 is 5.97 Å². The number of pyridine rings is 1. The third-order valence-corrected chi connectivity index (χ3v) is 4.31. The van der Waals surface area contributed by atoms with Gasteiger partial charge in [0.25, 0.3) is 0 Å². The summed E-state index contributed by atoms with van der Waals surface area (Å²) in [7, 11) is 4.03. The van der Waals surface area contributed by atoms with Crippen molar-refractivity contribution in [3.8, 4) is 11.1 Å². The van der Waals surface area contributed by atoms with Gasteiger partial charge in [0.1, 0.15) is 5.82 Å². The number of benzene rings is 2. The van der Waals surface area contributed by atoms with Crippen LogP contribution in [0.15, 0.2) is 66.9 Å². The van der Waals surface area contributed by atoms with E-state index in [0.717, 1.165) is 33.9 Å². The van der Waals surface area contributed by atoms with Crippen molar-refractivity contribution in [2.75, 3.05) is 24.3 Å². The van der Waals surface area contributed by atoms with Crippen LogP contribution >= 0.6 is 0 Å². The van der Waals surface area contributed by atoms with Gasteiger partial charge in [0.2, 0.25) is 0 Å². The highest BCUT2D eigenvalue weighted by molar-refractivity contribution is 5.68. The van der Waals surface area contributed by atoms with Gasteiger partial charge in [0.15, 0.2) is 0 Å². The molecule has 2 N–H and O–H groups in total. The summed E-state index contributed by atoms with van der Waals surface area (Å²) in [6, 6.07) is 20.1. The fourth-order valence-electron chi connectivity index (χ4n) is 2.76. The van der Waals surface area contributed by atoms with Crippen molar-refractivity contribution in [1.29, 1.82) is 0 Å². The molecule has 0 saturated carbocycles. The molecule has 2 aromatic carbocycles. The number of carbonyl (C=O) groups is 1. The molecule has 1 aromatic heterocycles. The lowest BCUT2D eigenvalue weighted by Crippen LogP contribution is -2.08. The van der Waals surface area contributed by atoms with E-state index in [2.05, 4.69) is 27.3 Å². The lowest BCUT2D eigenvalue weighted by Gasteiger charge is -2.14. The second kappa shape index (κ2) is 8.36. The number of anilines is 3. The molecule has 0 aliphatic heterocycles. The van der Waals surface area contributed by atoms with Crippen LogP contribution < -0.4 is 10.2 Å². The van der Waals surface area contributed by atoms with Crippen molar-refractivity contribution in [3.63, 3.8) is 0 Å². The van der Waals surface area contributed by atoms with Crippen LogP contribution in [-0.2, 0) is 11.2 Å². The van der Waals surface area contributed by atoms with Gasteiger partial charge in [-0.15, -0.1) is 0 Å². The van der Waals surface area contributed by atoms with E-state index in [9.17, 15) is 4.79 Å². The smallest absolute Gasteiger partial charge is 0.303 e. The maximum atomic E-state index is 10.7. The summed E-state index contributed by atoms with van der Waals surface area (Å²) in [6.45, 7) is 0. The molecule has 5 heteroatoms. The first kappa shape index (κ1) is 18.5. The highest BCUT2D eigenvalue weighted by Crippen LogP contribution is 2.23. The molecule has 27 heavy (non-hydrogen) atoms. The van der Waals surface area contributed by atoms with Crippen LogP contribution in [0.1, 0.15) is 12.0 Å². The summed E-state index contributed by atoms with van der Waals surface area (Å²) < 4.78 is 0. The Bertz CT molecular complexity index is 904. The van der Waals surface area contributed by atoms with Gasteiger partial charge in [0.05, 0.1) is 0 Å². The molecular formula is C22H23N3O2. The van der Waals surface area contributed by atoms with Gasteiger partial charge in [-0.3, -0.25) is 4.79 Å². The first-order chi connectivity index (χ1) is 13.0. The molecule has 0 spiro atoms. The zero-order chi connectivity index (χ0) is 19.2. The van der Waals surface area contributed by atoms with Crippen LogP contribution in [0.2, 0.25) is 0 Å². The van der Waals surface area contributed by atoms with E-state index in [1.807, 2.05) is 68.8 Å². The first-order valence-corrected chi connectivity index (χ1v) is 8.83. The van der Waals surface area contributed by atoms with E-state index in [4.69, 9.17) is 5.11 Å². The molecular weight excluding hydrogens is 338 g/mol. The van der Waals surface area contributed by atoms with Gasteiger partial charge in [0, 0.05) is 43.7 Å². The largest absolute Gasteiger partial charge is 0.481 e. The lowest BCUT2D eigenvalue weighted by molar-refractivity contribution is -0.136. The summed E-state index contributed by atoms with van der Waals surface area (Å²) in [5.74, 6) is 0.00946. The number of aryl methyl sites for hydroxylation is 1. The molecule has 0 aliphatic carbocycles. The fraction of sp³-hybridized carbons (Fsp3) is 0.182. The van der Waals surface area contributed by atoms with Gasteiger partial charge in [-0.1, -0.05) is 30.3 Å². The Morgan fingerprint density at radius 3 is 2.41 bits per heavy atom. The van der Waals surface area contributed by atoms with Crippen LogP contribution in [0.4, 0.5) is 17.2 Å². The summed E-state index contributed by atoms with van der Waals surface area (Å²) in [4.78, 5) is 17.2. The second-order valence-corrected chi connectivity index (χ2v) is 6.59. The van der Waals surface area contributed by atoms with E-state index >= 15 is 0 Å². The molecule has 0 saturated heterocycles. The molecule has 0 aliphatic rings. The molecule has 0 atom stereocenters. The summed E-state index contributed by atoms with van der Waals surface area (Å²) in [6.07, 6.45) is 2.53. The van der Waals surface area contributed by atoms with Crippen LogP contribution in [0.5, 0.6) is 0 Å². The molecule has 5 nitrogen and oxygen atoms in total. The zero-order valence-corrected chi connectivity index (χ0v) is 15.5. The third kappa shape index (κ3) is 5.07. The number of aromatic nitrogens is 1. The van der Waals surface area contributed by atoms with Gasteiger partial charge in [-0.25, -0.2) is 4.98 Å². The van der Waals surface area contributed by atoms with Crippen molar-refractivity contribution in [2.24, 2.45) is 0 Å². The minimum Gasteiger partial charge on any atom is -0.481 e. The molecule has 0 fully saturated rings. The number of nitrogens with zero attached hydrogens (tertiary/aromatic N) is 2. The van der Waals surface area contributed by atoms with E-state index in [1.54, 1.807) is 0 Å². The molecule has 0 bridgehead atoms. The molecule has 1 heterocycles. The molecule has 0 amide bonds. The molecule has 0 unspecified atom stereocenters. The SMILES string of the molecule is CN(C)c1cccc(Nc2ccc(-c3ccc(CCC(=O)O)cc3)cn2)c1. The maximum absolute atomic E-state index is 10.7. The minimum atomic E-state index is -0.775. The highest BCUT2D eigenvalue weighted by Gasteiger charge is 2.03. The number of carboxylic acids is 1. The number of hydrogen-bond donors (Lipinski definition) is 2. The van der Waals surface area contributed by atoms with Crippen molar-refractivity contribution in [2.45, 2.75) is 12.8 Å². The van der Waals surface area contributed by atoms with Crippen molar-refractivity contribution in [1.82, 2.24) is 4.98 Å². The third-order valence-electron chi connectivity index (χ3n) is 4.31. The van der Waals surface area contributed by atoms with Crippen molar-refractivity contribution >= 4 is 23.2 Å². The number of hydrogen-bond acceptors (Lipinski definition) is 4. The van der Waals surface area contributed by atoms with Crippen molar-refractivity contribution < 1.29 is 9.90 Å². The number of rotatable bonds is 7. The average molecular weight is 361 g/mol. The predicted octanol–water partition coefficient (Wildman–Crippen LogP) is 4.58. The Morgan fingerprint density at radius 2 is 1.78 bits per heavy atom. The van der Waals surface area contributed by atoms with Gasteiger partial charge < -0.3 is 15.3 Å². The average Bonchev–Trinajstić information content (AvgIpc) is 2.67. The van der Waals surface area contributed by atoms with E-state index in [0.29, 0.717) is 6.42 Å². The van der Waals surface area contributed by atoms with E-state index in [1.165, 1.54) is 0 Å². The van der Waals surface area contributed by atoms with Crippen LogP contribution in [-0.4, -0.2) is 30.2 Å². The quantitative estimate of drug-likeness (QED) is 0.645. The fourth-order valence-corrected chi connectivity index (χ4v) is 2.76. The summed E-state index contributed by atoms with van der Waals surface area (Å²) in [5.41, 5.74) is 5.21. The maximum Gasteiger partial charge on any atom is 0.303 e.